The summed E-state index contributed by atoms with van der Waals surface area (Å²) < 4.78 is 4.99. The molecule has 0 saturated heterocycles. The van der Waals surface area contributed by atoms with Gasteiger partial charge in [-0.1, -0.05) is 12.1 Å². The van der Waals surface area contributed by atoms with Gasteiger partial charge in [0, 0.05) is 0 Å². The number of benzene rings is 1. The van der Waals surface area contributed by atoms with Crippen LogP contribution in [0.4, 0.5) is 0 Å². The van der Waals surface area contributed by atoms with Crippen molar-refractivity contribution in [1.82, 2.24) is 0 Å². The van der Waals surface area contributed by atoms with E-state index in [0.29, 0.717) is 6.42 Å². The fourth-order valence-corrected chi connectivity index (χ4v) is 1.19. The molecule has 3 heteroatoms. The molecule has 0 spiro atoms. The van der Waals surface area contributed by atoms with Gasteiger partial charge in [0.2, 0.25) is 6.29 Å². The molecule has 1 atom stereocenters. The summed E-state index contributed by atoms with van der Waals surface area (Å²) in [5.41, 5.74) is 1.00. The topological polar surface area (TPSA) is 26.3 Å². The van der Waals surface area contributed by atoms with Gasteiger partial charge in [-0.25, -0.2) is 0 Å². The van der Waals surface area contributed by atoms with Crippen molar-refractivity contribution in [2.75, 3.05) is 7.11 Å². The fourth-order valence-electron chi connectivity index (χ4n) is 1.01. The Morgan fingerprint density at radius 2 is 2.08 bits per heavy atom. The minimum absolute atomic E-state index is 0.509. The molecule has 1 unspecified atom stereocenters. The zero-order valence-corrected chi connectivity index (χ0v) is 8.04. The summed E-state index contributed by atoms with van der Waals surface area (Å²) >= 11 is 5.62. The average molecular weight is 198 g/mol. The Morgan fingerprint density at radius 1 is 1.46 bits per heavy atom. The molecule has 13 heavy (non-hydrogen) atoms. The number of hydrogen-bond acceptors (Lipinski definition) is 2. The Bertz CT molecular complexity index is 269. The fraction of sp³-hybridized carbons (Fsp3) is 0.300. The molecule has 1 aromatic carbocycles. The number of carbonyl (C=O) groups excluding carboxylic acids is 1. The lowest BCUT2D eigenvalue weighted by Crippen LogP contribution is -2.03. The number of alkyl halides is 1. The van der Waals surface area contributed by atoms with E-state index in [1.54, 1.807) is 13.4 Å². The van der Waals surface area contributed by atoms with Gasteiger partial charge in [0.25, 0.3) is 0 Å². The minimum Gasteiger partial charge on any atom is -0.497 e. The molecule has 0 fully saturated rings. The maximum Gasteiger partial charge on any atom is 0.218 e. The van der Waals surface area contributed by atoms with Crippen LogP contribution in [0.2, 0.25) is 0 Å². The number of methoxy groups -OCH3 is 1. The van der Waals surface area contributed by atoms with Gasteiger partial charge in [0.15, 0.2) is 0 Å². The van der Waals surface area contributed by atoms with Crippen LogP contribution in [0.15, 0.2) is 24.3 Å². The van der Waals surface area contributed by atoms with Crippen molar-refractivity contribution >= 4 is 17.9 Å². The molecule has 0 heterocycles. The second-order valence-electron chi connectivity index (χ2n) is 2.64. The van der Waals surface area contributed by atoms with E-state index in [4.69, 9.17) is 16.3 Å². The molecule has 0 bridgehead atoms. The average Bonchev–Trinajstić information content (AvgIpc) is 2.19. The SMILES string of the molecule is COc1ccc(CC(Cl)[C]=O)cc1. The lowest BCUT2D eigenvalue weighted by atomic mass is 10.1. The Morgan fingerprint density at radius 3 is 2.54 bits per heavy atom. The molecule has 69 valence electrons. The standard InChI is InChI=1S/C10H10ClO2/c1-13-10-4-2-8(3-5-10)6-9(11)7-12/h2-5,9H,6H2,1H3. The van der Waals surface area contributed by atoms with Gasteiger partial charge < -0.3 is 4.74 Å². The zero-order valence-electron chi connectivity index (χ0n) is 7.29. The number of ether oxygens (including phenoxy) is 1. The van der Waals surface area contributed by atoms with Crippen LogP contribution in [0.25, 0.3) is 0 Å². The number of halogens is 1. The molecule has 0 saturated carbocycles. The largest absolute Gasteiger partial charge is 0.497 e. The first kappa shape index (κ1) is 10.1. The van der Waals surface area contributed by atoms with Gasteiger partial charge in [-0.2, -0.15) is 0 Å². The predicted octanol–water partition coefficient (Wildman–Crippen LogP) is 1.95. The summed E-state index contributed by atoms with van der Waals surface area (Å²) in [5, 5.41) is -0.562. The van der Waals surface area contributed by atoms with Crippen molar-refractivity contribution in [3.8, 4) is 5.75 Å². The van der Waals surface area contributed by atoms with Crippen molar-refractivity contribution < 1.29 is 9.53 Å². The van der Waals surface area contributed by atoms with Gasteiger partial charge in [0.05, 0.1) is 7.11 Å². The highest BCUT2D eigenvalue weighted by Crippen LogP contribution is 2.13. The zero-order chi connectivity index (χ0) is 9.68. The van der Waals surface area contributed by atoms with Crippen LogP contribution in [0.1, 0.15) is 5.56 Å². The summed E-state index contributed by atoms with van der Waals surface area (Å²) in [7, 11) is 1.61. The first-order valence-electron chi connectivity index (χ1n) is 3.91. The molecule has 0 aliphatic heterocycles. The van der Waals surface area contributed by atoms with Crippen molar-refractivity contribution in [1.29, 1.82) is 0 Å². The molecule has 1 aromatic rings. The van der Waals surface area contributed by atoms with Crippen LogP contribution >= 0.6 is 11.6 Å². The molecule has 0 aliphatic rings. The molecule has 0 aromatic heterocycles. The third-order valence-electron chi connectivity index (χ3n) is 1.70. The highest BCUT2D eigenvalue weighted by molar-refractivity contribution is 6.27. The van der Waals surface area contributed by atoms with Crippen molar-refractivity contribution in [3.05, 3.63) is 29.8 Å². The van der Waals surface area contributed by atoms with E-state index < -0.39 is 5.38 Å². The van der Waals surface area contributed by atoms with E-state index in [0.717, 1.165) is 11.3 Å². The Balaban J connectivity index is 2.63. The summed E-state index contributed by atoms with van der Waals surface area (Å²) in [6, 6.07) is 7.44. The summed E-state index contributed by atoms with van der Waals surface area (Å²) in [6.45, 7) is 0. The molecule has 1 rings (SSSR count). The van der Waals surface area contributed by atoms with E-state index in [1.807, 2.05) is 24.3 Å². The smallest absolute Gasteiger partial charge is 0.218 e. The van der Waals surface area contributed by atoms with Crippen LogP contribution in [0.5, 0.6) is 5.75 Å². The molecule has 0 aliphatic carbocycles. The summed E-state index contributed by atoms with van der Waals surface area (Å²) in [4.78, 5) is 10.2. The highest BCUT2D eigenvalue weighted by atomic mass is 35.5. The minimum atomic E-state index is -0.562. The van der Waals surface area contributed by atoms with E-state index in [9.17, 15) is 4.79 Å². The Labute approximate surface area is 82.5 Å². The lowest BCUT2D eigenvalue weighted by molar-refractivity contribution is 0.414. The van der Waals surface area contributed by atoms with Crippen LogP contribution in [0.3, 0.4) is 0 Å². The molecular formula is C10H10ClO2. The van der Waals surface area contributed by atoms with Gasteiger partial charge in [0.1, 0.15) is 11.1 Å². The maximum atomic E-state index is 10.2. The van der Waals surface area contributed by atoms with Crippen molar-refractivity contribution in [2.45, 2.75) is 11.8 Å². The summed E-state index contributed by atoms with van der Waals surface area (Å²) in [6.07, 6.45) is 2.24. The first-order valence-corrected chi connectivity index (χ1v) is 4.34. The second kappa shape index (κ2) is 4.87. The van der Waals surface area contributed by atoms with E-state index in [2.05, 4.69) is 0 Å². The lowest BCUT2D eigenvalue weighted by Gasteiger charge is -2.03. The van der Waals surface area contributed by atoms with Gasteiger partial charge in [-0.05, 0) is 24.1 Å². The Hall–Kier alpha value is -1.02. The molecular weight excluding hydrogens is 188 g/mol. The first-order chi connectivity index (χ1) is 6.26. The van der Waals surface area contributed by atoms with Gasteiger partial charge in [-0.15, -0.1) is 11.6 Å². The normalized spacial score (nSPS) is 12.2. The molecule has 0 amide bonds. The number of rotatable bonds is 4. The van der Waals surface area contributed by atoms with Crippen LogP contribution < -0.4 is 4.74 Å². The number of hydrogen-bond donors (Lipinski definition) is 0. The molecule has 2 nitrogen and oxygen atoms in total. The van der Waals surface area contributed by atoms with Crippen molar-refractivity contribution in [2.24, 2.45) is 0 Å². The summed E-state index contributed by atoms with van der Waals surface area (Å²) in [5.74, 6) is 0.796. The van der Waals surface area contributed by atoms with E-state index in [-0.39, 0.29) is 0 Å². The van der Waals surface area contributed by atoms with Crippen LogP contribution in [-0.2, 0) is 11.2 Å². The van der Waals surface area contributed by atoms with Gasteiger partial charge in [-0.3, -0.25) is 4.79 Å². The third-order valence-corrected chi connectivity index (χ3v) is 1.95. The third kappa shape index (κ3) is 3.07. The van der Waals surface area contributed by atoms with Crippen LogP contribution in [0, 0.1) is 0 Å². The van der Waals surface area contributed by atoms with Crippen molar-refractivity contribution in [3.63, 3.8) is 0 Å². The molecule has 0 N–H and O–H groups in total. The monoisotopic (exact) mass is 197 g/mol. The van der Waals surface area contributed by atoms with E-state index >= 15 is 0 Å². The predicted molar refractivity (Wildman–Crippen MR) is 52.0 cm³/mol. The van der Waals surface area contributed by atoms with E-state index in [1.165, 1.54) is 0 Å². The second-order valence-corrected chi connectivity index (χ2v) is 3.16. The Kier molecular flexibility index (Phi) is 3.77. The quantitative estimate of drug-likeness (QED) is 0.690. The van der Waals surface area contributed by atoms with Crippen LogP contribution in [-0.4, -0.2) is 18.8 Å². The maximum absolute atomic E-state index is 10.2. The molecule has 1 radical (unpaired) electrons. The van der Waals surface area contributed by atoms with Gasteiger partial charge >= 0.3 is 0 Å². The highest BCUT2D eigenvalue weighted by Gasteiger charge is 2.04.